The van der Waals surface area contributed by atoms with Crippen molar-refractivity contribution in [1.29, 1.82) is 0 Å². The number of para-hydroxylation sites is 1. The van der Waals surface area contributed by atoms with Crippen LogP contribution in [0.1, 0.15) is 11.3 Å². The Morgan fingerprint density at radius 3 is 2.59 bits per heavy atom. The third kappa shape index (κ3) is 2.17. The lowest BCUT2D eigenvalue weighted by Gasteiger charge is -2.15. The molecular weight excluding hydrogens is 212 g/mol. The van der Waals surface area contributed by atoms with E-state index in [1.807, 2.05) is 41.9 Å². The van der Waals surface area contributed by atoms with Gasteiger partial charge in [-0.05, 0) is 18.6 Å². The van der Waals surface area contributed by atoms with E-state index in [1.165, 1.54) is 5.56 Å². The Hall–Kier alpha value is -1.81. The van der Waals surface area contributed by atoms with E-state index < -0.39 is 0 Å². The van der Waals surface area contributed by atoms with Crippen LogP contribution in [0.2, 0.25) is 0 Å². The first kappa shape index (κ1) is 11.7. The molecule has 1 heterocycles. The third-order valence-corrected chi connectivity index (χ3v) is 2.75. The second-order valence-corrected chi connectivity index (χ2v) is 4.29. The molecule has 0 radical (unpaired) electrons. The molecule has 4 nitrogen and oxygen atoms in total. The Balaban J connectivity index is 2.58. The normalized spacial score (nSPS) is 10.6. The molecule has 2 aromatic rings. The van der Waals surface area contributed by atoms with E-state index in [4.69, 9.17) is 5.73 Å². The number of anilines is 1. The monoisotopic (exact) mass is 230 g/mol. The Labute approximate surface area is 102 Å². The average Bonchev–Trinajstić information content (AvgIpc) is 2.73. The van der Waals surface area contributed by atoms with Crippen molar-refractivity contribution < 1.29 is 0 Å². The summed E-state index contributed by atoms with van der Waals surface area (Å²) in [5.74, 6) is 1.04. The van der Waals surface area contributed by atoms with Gasteiger partial charge in [-0.1, -0.05) is 18.2 Å². The molecule has 0 saturated carbocycles. The minimum atomic E-state index is 0.458. The van der Waals surface area contributed by atoms with Crippen molar-refractivity contribution in [2.24, 2.45) is 5.73 Å². The molecule has 90 valence electrons. The van der Waals surface area contributed by atoms with Crippen LogP contribution in [0, 0.1) is 6.92 Å². The van der Waals surface area contributed by atoms with Crippen LogP contribution in [-0.2, 0) is 6.54 Å². The number of nitrogens with two attached hydrogens (primary N) is 1. The van der Waals surface area contributed by atoms with Crippen molar-refractivity contribution in [2.75, 3.05) is 19.0 Å². The Morgan fingerprint density at radius 1 is 1.29 bits per heavy atom. The molecule has 0 unspecified atom stereocenters. The molecule has 17 heavy (non-hydrogen) atoms. The molecule has 4 heteroatoms. The van der Waals surface area contributed by atoms with Gasteiger partial charge in [0.15, 0.2) is 0 Å². The Bertz CT molecular complexity index is 514. The van der Waals surface area contributed by atoms with E-state index in [2.05, 4.69) is 24.2 Å². The van der Waals surface area contributed by atoms with Gasteiger partial charge in [-0.15, -0.1) is 0 Å². The van der Waals surface area contributed by atoms with Crippen molar-refractivity contribution in [2.45, 2.75) is 13.5 Å². The van der Waals surface area contributed by atoms with Gasteiger partial charge in [0.05, 0.1) is 11.4 Å². The summed E-state index contributed by atoms with van der Waals surface area (Å²) in [6.45, 7) is 2.54. The summed E-state index contributed by atoms with van der Waals surface area (Å²) in [6.07, 6.45) is 0. The zero-order valence-corrected chi connectivity index (χ0v) is 10.5. The fourth-order valence-corrected chi connectivity index (χ4v) is 1.82. The van der Waals surface area contributed by atoms with Gasteiger partial charge in [0.1, 0.15) is 5.82 Å². The third-order valence-electron chi connectivity index (χ3n) is 2.75. The molecule has 0 amide bonds. The minimum absolute atomic E-state index is 0.458. The lowest BCUT2D eigenvalue weighted by molar-refractivity contribution is 0.815. The first-order chi connectivity index (χ1) is 8.13. The summed E-state index contributed by atoms with van der Waals surface area (Å²) < 4.78 is 1.94. The highest BCUT2D eigenvalue weighted by Crippen LogP contribution is 2.21. The van der Waals surface area contributed by atoms with E-state index in [9.17, 15) is 0 Å². The Morgan fingerprint density at radius 2 is 2.00 bits per heavy atom. The molecule has 1 aromatic heterocycles. The van der Waals surface area contributed by atoms with E-state index in [1.54, 1.807) is 0 Å². The SMILES string of the molecule is Cc1ccccc1-n1nc(CN)cc1N(C)C. The number of hydrogen-bond donors (Lipinski definition) is 1. The minimum Gasteiger partial charge on any atom is -0.363 e. The van der Waals surface area contributed by atoms with E-state index >= 15 is 0 Å². The van der Waals surface area contributed by atoms with Crippen molar-refractivity contribution >= 4 is 5.82 Å². The first-order valence-electron chi connectivity index (χ1n) is 5.66. The Kier molecular flexibility index (Phi) is 3.15. The van der Waals surface area contributed by atoms with Crippen LogP contribution in [0.15, 0.2) is 30.3 Å². The lowest BCUT2D eigenvalue weighted by Crippen LogP contribution is -2.14. The number of hydrogen-bond acceptors (Lipinski definition) is 3. The number of nitrogens with zero attached hydrogens (tertiary/aromatic N) is 3. The fourth-order valence-electron chi connectivity index (χ4n) is 1.82. The molecule has 2 rings (SSSR count). The van der Waals surface area contributed by atoms with Crippen molar-refractivity contribution in [3.63, 3.8) is 0 Å². The van der Waals surface area contributed by atoms with Gasteiger partial charge in [-0.2, -0.15) is 5.10 Å². The van der Waals surface area contributed by atoms with E-state index in [0.29, 0.717) is 6.54 Å². The number of aryl methyl sites for hydroxylation is 1. The van der Waals surface area contributed by atoms with Crippen LogP contribution >= 0.6 is 0 Å². The smallest absolute Gasteiger partial charge is 0.132 e. The van der Waals surface area contributed by atoms with Gasteiger partial charge < -0.3 is 10.6 Å². The lowest BCUT2D eigenvalue weighted by atomic mass is 10.2. The molecule has 0 aliphatic rings. The fraction of sp³-hybridized carbons (Fsp3) is 0.308. The topological polar surface area (TPSA) is 47.1 Å². The summed E-state index contributed by atoms with van der Waals surface area (Å²) >= 11 is 0. The molecule has 0 spiro atoms. The predicted octanol–water partition coefficient (Wildman–Crippen LogP) is 1.71. The van der Waals surface area contributed by atoms with Gasteiger partial charge in [-0.3, -0.25) is 0 Å². The maximum absolute atomic E-state index is 5.65. The molecule has 0 bridgehead atoms. The van der Waals surface area contributed by atoms with Gasteiger partial charge >= 0.3 is 0 Å². The number of rotatable bonds is 3. The summed E-state index contributed by atoms with van der Waals surface area (Å²) in [6, 6.07) is 10.2. The van der Waals surface area contributed by atoms with Crippen LogP contribution < -0.4 is 10.6 Å². The van der Waals surface area contributed by atoms with Gasteiger partial charge in [0.25, 0.3) is 0 Å². The zero-order chi connectivity index (χ0) is 12.4. The second-order valence-electron chi connectivity index (χ2n) is 4.29. The molecule has 0 fully saturated rings. The van der Waals surface area contributed by atoms with Crippen molar-refractivity contribution in [1.82, 2.24) is 9.78 Å². The standard InChI is InChI=1S/C13H18N4/c1-10-6-4-5-7-12(10)17-13(16(2)3)8-11(9-14)15-17/h4-8H,9,14H2,1-3H3. The highest BCUT2D eigenvalue weighted by Gasteiger charge is 2.11. The van der Waals surface area contributed by atoms with Gasteiger partial charge in [-0.25, -0.2) is 4.68 Å². The highest BCUT2D eigenvalue weighted by molar-refractivity contribution is 5.50. The van der Waals surface area contributed by atoms with E-state index in [0.717, 1.165) is 17.2 Å². The van der Waals surface area contributed by atoms with Crippen LogP contribution in [0.3, 0.4) is 0 Å². The molecule has 2 N–H and O–H groups in total. The van der Waals surface area contributed by atoms with E-state index in [-0.39, 0.29) is 0 Å². The first-order valence-corrected chi connectivity index (χ1v) is 5.66. The molecule has 0 saturated heterocycles. The summed E-state index contributed by atoms with van der Waals surface area (Å²) in [4.78, 5) is 2.04. The zero-order valence-electron chi connectivity index (χ0n) is 10.5. The maximum Gasteiger partial charge on any atom is 0.132 e. The number of benzene rings is 1. The molecule has 0 atom stereocenters. The quantitative estimate of drug-likeness (QED) is 0.873. The van der Waals surface area contributed by atoms with Crippen LogP contribution in [0.5, 0.6) is 0 Å². The van der Waals surface area contributed by atoms with Crippen LogP contribution in [-0.4, -0.2) is 23.9 Å². The summed E-state index contributed by atoms with van der Waals surface area (Å²) in [5.41, 5.74) is 8.84. The predicted molar refractivity (Wildman–Crippen MR) is 70.5 cm³/mol. The largest absolute Gasteiger partial charge is 0.363 e. The molecule has 0 aliphatic heterocycles. The van der Waals surface area contributed by atoms with Crippen LogP contribution in [0.25, 0.3) is 5.69 Å². The molecular formula is C13H18N4. The molecule has 0 aliphatic carbocycles. The highest BCUT2D eigenvalue weighted by atomic mass is 15.4. The van der Waals surface area contributed by atoms with Crippen molar-refractivity contribution in [3.05, 3.63) is 41.6 Å². The van der Waals surface area contributed by atoms with Crippen LogP contribution in [0.4, 0.5) is 5.82 Å². The molecule has 1 aromatic carbocycles. The second kappa shape index (κ2) is 4.59. The number of aromatic nitrogens is 2. The maximum atomic E-state index is 5.65. The average molecular weight is 230 g/mol. The van der Waals surface area contributed by atoms with Crippen molar-refractivity contribution in [3.8, 4) is 5.69 Å². The van der Waals surface area contributed by atoms with Gasteiger partial charge in [0.2, 0.25) is 0 Å². The van der Waals surface area contributed by atoms with Gasteiger partial charge in [0, 0.05) is 26.7 Å². The summed E-state index contributed by atoms with van der Waals surface area (Å²) in [5, 5.41) is 4.53. The summed E-state index contributed by atoms with van der Waals surface area (Å²) in [7, 11) is 4.01.